The number of hydrogen-bond donors (Lipinski definition) is 0. The standard InChI is InChI=1S/C78H49N5O.Pt/c1-4-22-53(23-5-1)56-42-45-73-70(48-56)69-44-43-60(84-59-29-20-28-57(49-59)80-52-81(75-41-19-18-40-74(75)80)78-61(54-24-6-2-7-25-54)36-21-37-62(78)55-26-8-3-9-27-55)51-76(69)83(73)77-50-58(46-47-79-77)82-71-38-16-14-34-67(71)65-32-12-10-30-63(65)64-31-11-13-33-66(64)68-35-15-17-39-72(68)82;/h1-48,50H;/q-2;/i2D,3D,6D,7D,8D,9D,24D,25D,26D,27D;. The third-order valence-corrected chi connectivity index (χ3v) is 15.6. The van der Waals surface area contributed by atoms with Gasteiger partial charge >= 0.3 is 0 Å². The number of para-hydroxylation sites is 5. The zero-order chi connectivity index (χ0) is 64.2. The Balaban J connectivity index is 0.00000743. The van der Waals surface area contributed by atoms with Gasteiger partial charge in [0, 0.05) is 61.1 Å². The van der Waals surface area contributed by atoms with Crippen molar-refractivity contribution < 1.29 is 44.1 Å². The topological polar surface area (TPSA) is 40.8 Å². The molecule has 16 rings (SSSR count). The van der Waals surface area contributed by atoms with Crippen LogP contribution in [0.3, 0.4) is 0 Å². The molecule has 0 aliphatic carbocycles. The van der Waals surface area contributed by atoms with Crippen molar-refractivity contribution in [2.75, 3.05) is 0 Å². The van der Waals surface area contributed by atoms with Crippen LogP contribution in [0.4, 0.5) is 0 Å². The van der Waals surface area contributed by atoms with E-state index in [1.54, 1.807) is 33.4 Å². The first-order valence-corrected chi connectivity index (χ1v) is 27.5. The summed E-state index contributed by atoms with van der Waals surface area (Å²) in [7, 11) is 0. The Kier molecular flexibility index (Phi) is 10.5. The number of nitrogens with zero attached hydrogens (tertiary/aromatic N) is 5. The minimum atomic E-state index is -0.582. The van der Waals surface area contributed by atoms with E-state index in [1.165, 1.54) is 0 Å². The molecule has 4 aromatic heterocycles. The van der Waals surface area contributed by atoms with Gasteiger partial charge in [0.2, 0.25) is 0 Å². The first kappa shape index (κ1) is 41.4. The monoisotopic (exact) mass is 1280 g/mol. The van der Waals surface area contributed by atoms with E-state index in [4.69, 9.17) is 23.4 Å². The number of pyridine rings is 1. The third-order valence-electron chi connectivity index (χ3n) is 15.6. The van der Waals surface area contributed by atoms with E-state index in [1.807, 2.05) is 72.9 Å². The first-order chi connectivity index (χ1) is 45.8. The van der Waals surface area contributed by atoms with Crippen molar-refractivity contribution in [3.63, 3.8) is 0 Å². The fourth-order valence-electron chi connectivity index (χ4n) is 11.9. The van der Waals surface area contributed by atoms with Crippen molar-refractivity contribution in [3.8, 4) is 67.8 Å². The minimum absolute atomic E-state index is 0. The molecule has 0 amide bonds. The number of aromatic nitrogens is 5. The van der Waals surface area contributed by atoms with Gasteiger partial charge < -0.3 is 18.4 Å². The molecule has 0 radical (unpaired) electrons. The Morgan fingerprint density at radius 2 is 0.953 bits per heavy atom. The van der Waals surface area contributed by atoms with E-state index in [0.29, 0.717) is 39.6 Å². The zero-order valence-electron chi connectivity index (χ0n) is 55.0. The van der Waals surface area contributed by atoms with Gasteiger partial charge in [0.15, 0.2) is 0 Å². The van der Waals surface area contributed by atoms with Crippen LogP contribution in [0.15, 0.2) is 297 Å². The molecule has 0 aliphatic rings. The second kappa shape index (κ2) is 21.6. The number of ether oxygens (including phenoxy) is 1. The molecule has 12 aromatic carbocycles. The van der Waals surface area contributed by atoms with Crippen LogP contribution >= 0.6 is 0 Å². The molecule has 0 saturated carbocycles. The predicted octanol–water partition coefficient (Wildman–Crippen LogP) is 19.1. The molecule has 0 fully saturated rings. The Hall–Kier alpha value is -10.7. The summed E-state index contributed by atoms with van der Waals surface area (Å²) in [6, 6.07) is 78.5. The largest absolute Gasteiger partial charge is 0.510 e. The molecule has 4 heterocycles. The fraction of sp³-hybridized carbons (Fsp3) is 0. The molecule has 404 valence electrons. The average molecular weight is 1280 g/mol. The van der Waals surface area contributed by atoms with Crippen LogP contribution in [-0.4, -0.2) is 18.7 Å². The molecule has 0 saturated heterocycles. The van der Waals surface area contributed by atoms with Crippen molar-refractivity contribution in [1.82, 2.24) is 18.7 Å². The summed E-state index contributed by atoms with van der Waals surface area (Å²) < 4.78 is 103. The second-order valence-corrected chi connectivity index (χ2v) is 20.3. The van der Waals surface area contributed by atoms with Crippen molar-refractivity contribution in [2.24, 2.45) is 0 Å². The Bertz CT molecular complexity index is 5700. The van der Waals surface area contributed by atoms with Crippen LogP contribution in [0.2, 0.25) is 0 Å². The Labute approximate surface area is 519 Å². The van der Waals surface area contributed by atoms with E-state index in [9.17, 15) is 0 Å². The molecule has 0 aliphatic heterocycles. The van der Waals surface area contributed by atoms with E-state index in [-0.39, 0.29) is 49.0 Å². The summed E-state index contributed by atoms with van der Waals surface area (Å²) in [5.41, 5.74) is 8.31. The Morgan fingerprint density at radius 1 is 0.400 bits per heavy atom. The van der Waals surface area contributed by atoms with Crippen LogP contribution in [0.1, 0.15) is 13.7 Å². The molecular formula is C78H49N5OPt-2. The summed E-state index contributed by atoms with van der Waals surface area (Å²) in [5.74, 6) is 1.36. The summed E-state index contributed by atoms with van der Waals surface area (Å²) in [4.78, 5) is 5.17. The van der Waals surface area contributed by atoms with E-state index in [0.717, 1.165) is 76.5 Å². The third kappa shape index (κ3) is 8.94. The van der Waals surface area contributed by atoms with Crippen molar-refractivity contribution in [3.05, 3.63) is 316 Å². The van der Waals surface area contributed by atoms with Gasteiger partial charge in [-0.05, 0) is 90.3 Å². The first-order valence-electron chi connectivity index (χ1n) is 32.5. The number of imidazole rings is 1. The maximum atomic E-state index is 9.14. The average Bonchev–Trinajstić information content (AvgIpc) is 1.71. The smallest absolute Gasteiger partial charge is 0.268 e. The summed E-state index contributed by atoms with van der Waals surface area (Å²) in [5, 5.41) is 8.56. The number of fused-ring (bicyclic) bond motifs is 11. The summed E-state index contributed by atoms with van der Waals surface area (Å²) >= 11 is 0. The predicted molar refractivity (Wildman–Crippen MR) is 343 cm³/mol. The van der Waals surface area contributed by atoms with Crippen LogP contribution in [0, 0.1) is 18.5 Å². The maximum Gasteiger partial charge on any atom is 0.268 e. The van der Waals surface area contributed by atoms with Gasteiger partial charge in [-0.15, -0.1) is 29.7 Å². The van der Waals surface area contributed by atoms with E-state index >= 15 is 0 Å². The van der Waals surface area contributed by atoms with Crippen LogP contribution in [0.25, 0.3) is 132 Å². The molecule has 0 unspecified atom stereocenters. The van der Waals surface area contributed by atoms with Crippen molar-refractivity contribution in [1.29, 1.82) is 0 Å². The summed E-state index contributed by atoms with van der Waals surface area (Å²) in [6.45, 7) is 0. The molecule has 0 bridgehead atoms. The van der Waals surface area contributed by atoms with Crippen LogP contribution < -0.4 is 9.30 Å². The van der Waals surface area contributed by atoms with Crippen molar-refractivity contribution >= 4 is 76.2 Å². The quantitative estimate of drug-likeness (QED) is 0.107. The van der Waals surface area contributed by atoms with E-state index < -0.39 is 60.4 Å². The molecule has 0 atom stereocenters. The molecule has 85 heavy (non-hydrogen) atoms. The Morgan fingerprint density at radius 3 is 1.61 bits per heavy atom. The van der Waals surface area contributed by atoms with Gasteiger partial charge in [-0.1, -0.05) is 236 Å². The van der Waals surface area contributed by atoms with Crippen LogP contribution in [-0.2, 0) is 21.1 Å². The van der Waals surface area contributed by atoms with Gasteiger partial charge in [0.05, 0.1) is 47.1 Å². The van der Waals surface area contributed by atoms with Gasteiger partial charge in [0.25, 0.3) is 6.33 Å². The molecule has 0 spiro atoms. The number of rotatable bonds is 9. The number of benzene rings is 12. The number of hydrogen-bond acceptors (Lipinski definition) is 2. The second-order valence-electron chi connectivity index (χ2n) is 20.3. The minimum Gasteiger partial charge on any atom is -0.510 e. The van der Waals surface area contributed by atoms with Crippen molar-refractivity contribution in [2.45, 2.75) is 0 Å². The van der Waals surface area contributed by atoms with E-state index in [2.05, 4.69) is 167 Å². The van der Waals surface area contributed by atoms with Gasteiger partial charge in [-0.2, -0.15) is 18.2 Å². The molecule has 7 heteroatoms. The SMILES string of the molecule is [2H]c1c([2H])c([2H])c(-c2cccc(-c3c([2H])c([2H])c([2H])c([2H])c3[2H])c2-[n+]2[c-]n(-c3[c-]c(Oc4[c-]c5c(cc4)c4cc(-c6ccccc6)ccc4n5-c4cc(-n5c6ccccc6c6ccccc6c6ccccc6c6ccccc65)ccn4)ccc3)c3ccccc32)c([2H])c1[2H].[Pt]. The molecule has 6 nitrogen and oxygen atoms in total. The fourth-order valence-corrected chi connectivity index (χ4v) is 11.9. The molecule has 16 aromatic rings. The summed E-state index contributed by atoms with van der Waals surface area (Å²) in [6.07, 6.45) is 5.31. The van der Waals surface area contributed by atoms with Gasteiger partial charge in [-0.3, -0.25) is 4.57 Å². The van der Waals surface area contributed by atoms with Crippen LogP contribution in [0.5, 0.6) is 11.5 Å². The normalized spacial score (nSPS) is 13.1. The molecule has 0 N–H and O–H groups in total. The van der Waals surface area contributed by atoms with Gasteiger partial charge in [0.1, 0.15) is 5.82 Å². The molecular weight excluding hydrogens is 1220 g/mol. The maximum absolute atomic E-state index is 9.14. The zero-order valence-corrected chi connectivity index (χ0v) is 47.2. The van der Waals surface area contributed by atoms with Gasteiger partial charge in [-0.25, -0.2) is 4.98 Å².